The van der Waals surface area contributed by atoms with E-state index in [1.165, 1.54) is 6.08 Å². The number of ketones is 1. The minimum atomic E-state index is -0.0194. The number of carbonyl (C=O) groups is 1. The Morgan fingerprint density at radius 2 is 2.00 bits per heavy atom. The molecule has 0 atom stereocenters. The van der Waals surface area contributed by atoms with Gasteiger partial charge in [-0.2, -0.15) is 0 Å². The fourth-order valence-electron chi connectivity index (χ4n) is 0.964. The monoisotopic (exact) mass is 176 g/mol. The summed E-state index contributed by atoms with van der Waals surface area (Å²) in [6, 6.07) is 9.06. The van der Waals surface area contributed by atoms with E-state index in [0.29, 0.717) is 12.0 Å². The van der Waals surface area contributed by atoms with Gasteiger partial charge in [-0.25, -0.2) is 0 Å². The zero-order valence-corrected chi connectivity index (χ0v) is 7.31. The molecule has 0 heterocycles. The molecule has 0 bridgehead atoms. The summed E-state index contributed by atoms with van der Waals surface area (Å²) in [5.74, 6) is -0.0194. The average Bonchev–Trinajstić information content (AvgIpc) is 2.19. The molecule has 1 aromatic rings. The molecule has 0 aliphatic carbocycles. The number of benzene rings is 1. The van der Waals surface area contributed by atoms with Gasteiger partial charge in [0.25, 0.3) is 0 Å². The molecule has 0 aliphatic rings. The highest BCUT2D eigenvalue weighted by atomic mass is 16.2. The Labute approximate surface area is 77.5 Å². The molecule has 68 valence electrons. The van der Waals surface area contributed by atoms with E-state index in [9.17, 15) is 4.79 Å². The van der Waals surface area contributed by atoms with E-state index in [-0.39, 0.29) is 12.4 Å². The van der Waals surface area contributed by atoms with Crippen molar-refractivity contribution in [2.45, 2.75) is 6.42 Å². The van der Waals surface area contributed by atoms with Crippen molar-refractivity contribution in [1.29, 1.82) is 0 Å². The number of hydrogen-bond acceptors (Lipinski definition) is 2. The molecule has 0 spiro atoms. The quantitative estimate of drug-likeness (QED) is 0.561. The second-order valence-corrected chi connectivity index (χ2v) is 2.64. The zero-order valence-electron chi connectivity index (χ0n) is 7.31. The molecular weight excluding hydrogens is 164 g/mol. The molecule has 0 saturated heterocycles. The Morgan fingerprint density at radius 3 is 2.62 bits per heavy atom. The van der Waals surface area contributed by atoms with Crippen molar-refractivity contribution >= 4 is 5.78 Å². The number of rotatable bonds is 4. The topological polar surface area (TPSA) is 37.3 Å². The Balaban J connectivity index is 2.59. The van der Waals surface area contributed by atoms with Gasteiger partial charge >= 0.3 is 0 Å². The highest BCUT2D eigenvalue weighted by molar-refractivity contribution is 6.04. The van der Waals surface area contributed by atoms with E-state index in [1.807, 2.05) is 18.2 Å². The summed E-state index contributed by atoms with van der Waals surface area (Å²) in [5, 5.41) is 8.49. The van der Waals surface area contributed by atoms with Crippen molar-refractivity contribution in [3.63, 3.8) is 0 Å². The lowest BCUT2D eigenvalue weighted by Crippen LogP contribution is -1.93. The normalized spacial score (nSPS) is 10.5. The van der Waals surface area contributed by atoms with Gasteiger partial charge in [0.05, 0.1) is 0 Å². The van der Waals surface area contributed by atoms with Gasteiger partial charge in [0.15, 0.2) is 5.78 Å². The molecule has 1 aromatic carbocycles. The third-order valence-electron chi connectivity index (χ3n) is 1.62. The fraction of sp³-hybridized carbons (Fsp3) is 0.182. The number of allylic oxidation sites excluding steroid dienone is 1. The third-order valence-corrected chi connectivity index (χ3v) is 1.62. The molecular formula is C11H12O2. The second kappa shape index (κ2) is 5.27. The van der Waals surface area contributed by atoms with Crippen LogP contribution in [0.25, 0.3) is 0 Å². The summed E-state index contributed by atoms with van der Waals surface area (Å²) in [6.07, 6.45) is 3.69. The molecule has 0 aromatic heterocycles. The smallest absolute Gasteiger partial charge is 0.185 e. The number of aliphatic hydroxyl groups is 1. The maximum Gasteiger partial charge on any atom is 0.185 e. The fourth-order valence-corrected chi connectivity index (χ4v) is 0.964. The van der Waals surface area contributed by atoms with Crippen molar-refractivity contribution in [2.75, 3.05) is 6.61 Å². The molecule has 0 saturated carbocycles. The average molecular weight is 176 g/mol. The van der Waals surface area contributed by atoms with E-state index < -0.39 is 0 Å². The summed E-state index contributed by atoms with van der Waals surface area (Å²) < 4.78 is 0. The maximum absolute atomic E-state index is 11.4. The minimum Gasteiger partial charge on any atom is -0.396 e. The van der Waals surface area contributed by atoms with Gasteiger partial charge in [0.1, 0.15) is 0 Å². The highest BCUT2D eigenvalue weighted by Gasteiger charge is 1.97. The molecule has 0 aliphatic heterocycles. The molecule has 2 nitrogen and oxygen atoms in total. The van der Waals surface area contributed by atoms with Gasteiger partial charge in [-0.1, -0.05) is 36.4 Å². The Bertz CT molecular complexity index is 288. The molecule has 0 amide bonds. The lowest BCUT2D eigenvalue weighted by molar-refractivity contribution is 0.104. The van der Waals surface area contributed by atoms with Crippen molar-refractivity contribution in [3.8, 4) is 0 Å². The van der Waals surface area contributed by atoms with E-state index in [2.05, 4.69) is 0 Å². The van der Waals surface area contributed by atoms with Crippen LogP contribution in [0.3, 0.4) is 0 Å². The van der Waals surface area contributed by atoms with Gasteiger partial charge < -0.3 is 5.11 Å². The zero-order chi connectivity index (χ0) is 9.52. The summed E-state index contributed by atoms with van der Waals surface area (Å²) in [4.78, 5) is 11.4. The molecule has 0 radical (unpaired) electrons. The van der Waals surface area contributed by atoms with Crippen LogP contribution in [0.1, 0.15) is 16.8 Å². The molecule has 0 unspecified atom stereocenters. The van der Waals surface area contributed by atoms with Crippen LogP contribution in [-0.2, 0) is 0 Å². The van der Waals surface area contributed by atoms with E-state index in [0.717, 1.165) is 0 Å². The lowest BCUT2D eigenvalue weighted by atomic mass is 10.1. The largest absolute Gasteiger partial charge is 0.396 e. The van der Waals surface area contributed by atoms with Gasteiger partial charge in [0.2, 0.25) is 0 Å². The van der Waals surface area contributed by atoms with Crippen molar-refractivity contribution in [2.24, 2.45) is 0 Å². The molecule has 1 N–H and O–H groups in total. The predicted octanol–water partition coefficient (Wildman–Crippen LogP) is 1.81. The van der Waals surface area contributed by atoms with Crippen molar-refractivity contribution in [1.82, 2.24) is 0 Å². The van der Waals surface area contributed by atoms with Crippen LogP contribution in [0.4, 0.5) is 0 Å². The standard InChI is InChI=1S/C11H12O2/c12-9-5-4-8-11(13)10-6-2-1-3-7-10/h1-4,6-8,12H,5,9H2/b8-4+. The van der Waals surface area contributed by atoms with Crippen LogP contribution in [-0.4, -0.2) is 17.5 Å². The first-order valence-corrected chi connectivity index (χ1v) is 4.21. The Morgan fingerprint density at radius 1 is 1.31 bits per heavy atom. The van der Waals surface area contributed by atoms with Crippen LogP contribution in [0.15, 0.2) is 42.5 Å². The van der Waals surface area contributed by atoms with Crippen LogP contribution in [0.2, 0.25) is 0 Å². The Kier molecular flexibility index (Phi) is 3.93. The third kappa shape index (κ3) is 3.22. The van der Waals surface area contributed by atoms with Gasteiger partial charge in [-0.3, -0.25) is 4.79 Å². The van der Waals surface area contributed by atoms with E-state index in [1.54, 1.807) is 18.2 Å². The minimum absolute atomic E-state index is 0.0194. The van der Waals surface area contributed by atoms with Crippen molar-refractivity contribution < 1.29 is 9.90 Å². The van der Waals surface area contributed by atoms with E-state index >= 15 is 0 Å². The van der Waals surface area contributed by atoms with Crippen LogP contribution < -0.4 is 0 Å². The first kappa shape index (κ1) is 9.68. The summed E-state index contributed by atoms with van der Waals surface area (Å²) in [7, 11) is 0. The summed E-state index contributed by atoms with van der Waals surface area (Å²) in [6.45, 7) is 0.0819. The van der Waals surface area contributed by atoms with Crippen LogP contribution in [0, 0.1) is 0 Å². The maximum atomic E-state index is 11.4. The summed E-state index contributed by atoms with van der Waals surface area (Å²) in [5.41, 5.74) is 0.677. The summed E-state index contributed by atoms with van der Waals surface area (Å²) >= 11 is 0. The second-order valence-electron chi connectivity index (χ2n) is 2.64. The predicted molar refractivity (Wildman–Crippen MR) is 51.6 cm³/mol. The number of aliphatic hydroxyl groups excluding tert-OH is 1. The van der Waals surface area contributed by atoms with Crippen LogP contribution >= 0.6 is 0 Å². The lowest BCUT2D eigenvalue weighted by Gasteiger charge is -1.92. The SMILES string of the molecule is O=C(/C=C/CCO)c1ccccc1. The van der Waals surface area contributed by atoms with E-state index in [4.69, 9.17) is 5.11 Å². The number of hydrogen-bond donors (Lipinski definition) is 1. The van der Waals surface area contributed by atoms with Gasteiger partial charge in [0, 0.05) is 12.2 Å². The van der Waals surface area contributed by atoms with Crippen LogP contribution in [0.5, 0.6) is 0 Å². The molecule has 13 heavy (non-hydrogen) atoms. The Hall–Kier alpha value is -1.41. The first-order chi connectivity index (χ1) is 6.34. The first-order valence-electron chi connectivity index (χ1n) is 4.21. The molecule has 0 fully saturated rings. The van der Waals surface area contributed by atoms with Crippen molar-refractivity contribution in [3.05, 3.63) is 48.0 Å². The van der Waals surface area contributed by atoms with Gasteiger partial charge in [-0.15, -0.1) is 0 Å². The number of carbonyl (C=O) groups excluding carboxylic acids is 1. The molecule has 2 heteroatoms. The molecule has 1 rings (SSSR count). The van der Waals surface area contributed by atoms with Gasteiger partial charge in [-0.05, 0) is 12.5 Å². The highest BCUT2D eigenvalue weighted by Crippen LogP contribution is 2.00.